The lowest BCUT2D eigenvalue weighted by Gasteiger charge is -2.28. The van der Waals surface area contributed by atoms with Crippen LogP contribution in [0.15, 0.2) is 24.3 Å². The smallest absolute Gasteiger partial charge is 0.134 e. The molecule has 98 valence electrons. The second-order valence-electron chi connectivity index (χ2n) is 4.86. The first-order valence-electron chi connectivity index (χ1n) is 6.44. The van der Waals surface area contributed by atoms with Crippen LogP contribution in [-0.2, 0) is 0 Å². The fourth-order valence-corrected chi connectivity index (χ4v) is 1.94. The van der Waals surface area contributed by atoms with Crippen LogP contribution in [-0.4, -0.2) is 30.6 Å². The average Bonchev–Trinajstić information content (AvgIpc) is 2.34. The molecule has 0 aliphatic carbocycles. The van der Waals surface area contributed by atoms with Crippen LogP contribution in [0.2, 0.25) is 0 Å². The Bertz CT molecular complexity index is 418. The SMILES string of the molecule is COc1ccccc1C#CCN(C(C)C)C(C)C. The van der Waals surface area contributed by atoms with Gasteiger partial charge in [0.25, 0.3) is 0 Å². The molecule has 0 radical (unpaired) electrons. The van der Waals surface area contributed by atoms with Crippen LogP contribution in [0, 0.1) is 11.8 Å². The maximum Gasteiger partial charge on any atom is 0.134 e. The summed E-state index contributed by atoms with van der Waals surface area (Å²) in [5.41, 5.74) is 0.951. The molecule has 0 amide bonds. The number of rotatable bonds is 4. The lowest BCUT2D eigenvalue weighted by atomic mass is 10.2. The Morgan fingerprint density at radius 2 is 1.72 bits per heavy atom. The third-order valence-electron chi connectivity index (χ3n) is 2.92. The molecule has 0 bridgehead atoms. The molecule has 0 heterocycles. The Balaban J connectivity index is 2.76. The molecule has 2 nitrogen and oxygen atoms in total. The summed E-state index contributed by atoms with van der Waals surface area (Å²) in [6, 6.07) is 8.88. The van der Waals surface area contributed by atoms with Crippen LogP contribution in [0.1, 0.15) is 33.3 Å². The van der Waals surface area contributed by atoms with E-state index >= 15 is 0 Å². The van der Waals surface area contributed by atoms with E-state index in [1.807, 2.05) is 24.3 Å². The van der Waals surface area contributed by atoms with Crippen molar-refractivity contribution in [3.8, 4) is 17.6 Å². The summed E-state index contributed by atoms with van der Waals surface area (Å²) in [7, 11) is 1.68. The summed E-state index contributed by atoms with van der Waals surface area (Å²) >= 11 is 0. The van der Waals surface area contributed by atoms with Crippen molar-refractivity contribution < 1.29 is 4.74 Å². The van der Waals surface area contributed by atoms with Gasteiger partial charge in [-0.3, -0.25) is 4.90 Å². The zero-order valence-corrected chi connectivity index (χ0v) is 12.0. The number of hydrogen-bond acceptors (Lipinski definition) is 2. The molecule has 0 saturated heterocycles. The second kappa shape index (κ2) is 7.08. The average molecular weight is 245 g/mol. The highest BCUT2D eigenvalue weighted by Crippen LogP contribution is 2.15. The van der Waals surface area contributed by atoms with Gasteiger partial charge in [-0.2, -0.15) is 0 Å². The van der Waals surface area contributed by atoms with Crippen molar-refractivity contribution in [1.29, 1.82) is 0 Å². The molecule has 0 atom stereocenters. The van der Waals surface area contributed by atoms with Crippen LogP contribution >= 0.6 is 0 Å². The molecular formula is C16H23NO. The molecular weight excluding hydrogens is 222 g/mol. The number of hydrogen-bond donors (Lipinski definition) is 0. The van der Waals surface area contributed by atoms with Gasteiger partial charge in [0.15, 0.2) is 0 Å². The Hall–Kier alpha value is -1.46. The minimum Gasteiger partial charge on any atom is -0.495 e. The van der Waals surface area contributed by atoms with Crippen LogP contribution in [0.4, 0.5) is 0 Å². The first-order chi connectivity index (χ1) is 8.56. The van der Waals surface area contributed by atoms with Crippen molar-refractivity contribution in [3.05, 3.63) is 29.8 Å². The van der Waals surface area contributed by atoms with Crippen molar-refractivity contribution in [2.75, 3.05) is 13.7 Å². The molecule has 1 aromatic carbocycles. The predicted octanol–water partition coefficient (Wildman–Crippen LogP) is 3.17. The van der Waals surface area contributed by atoms with E-state index in [0.717, 1.165) is 17.9 Å². The topological polar surface area (TPSA) is 12.5 Å². The van der Waals surface area contributed by atoms with Gasteiger partial charge in [-0.25, -0.2) is 0 Å². The van der Waals surface area contributed by atoms with Crippen LogP contribution in [0.3, 0.4) is 0 Å². The van der Waals surface area contributed by atoms with E-state index in [0.29, 0.717) is 12.1 Å². The van der Waals surface area contributed by atoms with Gasteiger partial charge in [0.05, 0.1) is 19.2 Å². The third-order valence-corrected chi connectivity index (χ3v) is 2.92. The molecule has 0 aliphatic heterocycles. The Morgan fingerprint density at radius 1 is 1.11 bits per heavy atom. The molecule has 2 heteroatoms. The summed E-state index contributed by atoms with van der Waals surface area (Å²) in [6.45, 7) is 9.58. The number of benzene rings is 1. The fraction of sp³-hybridized carbons (Fsp3) is 0.500. The Kier molecular flexibility index (Phi) is 5.74. The van der Waals surface area contributed by atoms with E-state index in [2.05, 4.69) is 44.4 Å². The molecule has 0 fully saturated rings. The van der Waals surface area contributed by atoms with Gasteiger partial charge in [0, 0.05) is 12.1 Å². The second-order valence-corrected chi connectivity index (χ2v) is 4.86. The summed E-state index contributed by atoms with van der Waals surface area (Å²) < 4.78 is 5.28. The normalized spacial score (nSPS) is 10.7. The molecule has 1 aromatic rings. The number of nitrogens with zero attached hydrogens (tertiary/aromatic N) is 1. The van der Waals surface area contributed by atoms with Gasteiger partial charge in [-0.1, -0.05) is 24.0 Å². The number of methoxy groups -OCH3 is 1. The van der Waals surface area contributed by atoms with Crippen molar-refractivity contribution in [3.63, 3.8) is 0 Å². The molecule has 18 heavy (non-hydrogen) atoms. The monoisotopic (exact) mass is 245 g/mol. The van der Waals surface area contributed by atoms with Gasteiger partial charge in [-0.15, -0.1) is 0 Å². The van der Waals surface area contributed by atoms with Crippen molar-refractivity contribution in [1.82, 2.24) is 4.90 Å². The van der Waals surface area contributed by atoms with Crippen molar-refractivity contribution >= 4 is 0 Å². The van der Waals surface area contributed by atoms with Gasteiger partial charge >= 0.3 is 0 Å². The van der Waals surface area contributed by atoms with E-state index in [1.54, 1.807) is 7.11 Å². The van der Waals surface area contributed by atoms with E-state index < -0.39 is 0 Å². The lowest BCUT2D eigenvalue weighted by molar-refractivity contribution is 0.200. The van der Waals surface area contributed by atoms with E-state index in [9.17, 15) is 0 Å². The quantitative estimate of drug-likeness (QED) is 0.755. The van der Waals surface area contributed by atoms with Crippen LogP contribution in [0.25, 0.3) is 0 Å². The highest BCUT2D eigenvalue weighted by Gasteiger charge is 2.10. The maximum atomic E-state index is 5.28. The van der Waals surface area contributed by atoms with Crippen LogP contribution in [0.5, 0.6) is 5.75 Å². The third kappa shape index (κ3) is 4.09. The maximum absolute atomic E-state index is 5.28. The molecule has 0 aromatic heterocycles. The first-order valence-corrected chi connectivity index (χ1v) is 6.44. The number of para-hydroxylation sites is 1. The van der Waals surface area contributed by atoms with Crippen LogP contribution < -0.4 is 4.74 Å². The van der Waals surface area contributed by atoms with Crippen molar-refractivity contribution in [2.24, 2.45) is 0 Å². The molecule has 0 unspecified atom stereocenters. The Morgan fingerprint density at radius 3 is 2.28 bits per heavy atom. The van der Waals surface area contributed by atoms with E-state index in [4.69, 9.17) is 4.74 Å². The molecule has 0 aliphatic rings. The lowest BCUT2D eigenvalue weighted by Crippen LogP contribution is -2.37. The Labute approximate surface area is 111 Å². The van der Waals surface area contributed by atoms with Gasteiger partial charge in [0.2, 0.25) is 0 Å². The van der Waals surface area contributed by atoms with Gasteiger partial charge < -0.3 is 4.74 Å². The standard InChI is InChI=1S/C16H23NO/c1-13(2)17(14(3)4)12-8-10-15-9-6-7-11-16(15)18-5/h6-7,9,11,13-14H,12H2,1-5H3. The molecule has 0 N–H and O–H groups in total. The largest absolute Gasteiger partial charge is 0.495 e. The fourth-order valence-electron chi connectivity index (χ4n) is 1.94. The van der Waals surface area contributed by atoms with E-state index in [1.165, 1.54) is 0 Å². The predicted molar refractivity (Wildman–Crippen MR) is 76.9 cm³/mol. The zero-order valence-electron chi connectivity index (χ0n) is 12.0. The zero-order chi connectivity index (χ0) is 13.5. The van der Waals surface area contributed by atoms with Crippen molar-refractivity contribution in [2.45, 2.75) is 39.8 Å². The summed E-state index contributed by atoms with van der Waals surface area (Å²) in [6.07, 6.45) is 0. The molecule has 0 spiro atoms. The van der Waals surface area contributed by atoms with Gasteiger partial charge in [0.1, 0.15) is 5.75 Å². The summed E-state index contributed by atoms with van der Waals surface area (Å²) in [5.74, 6) is 7.26. The molecule has 1 rings (SSSR count). The minimum absolute atomic E-state index is 0.511. The number of ether oxygens (including phenoxy) is 1. The highest BCUT2D eigenvalue weighted by atomic mass is 16.5. The van der Waals surface area contributed by atoms with Gasteiger partial charge in [-0.05, 0) is 39.8 Å². The first kappa shape index (κ1) is 14.6. The summed E-state index contributed by atoms with van der Waals surface area (Å²) in [5, 5.41) is 0. The minimum atomic E-state index is 0.511. The van der Waals surface area contributed by atoms with E-state index in [-0.39, 0.29) is 0 Å². The summed E-state index contributed by atoms with van der Waals surface area (Å²) in [4.78, 5) is 2.36. The molecule has 0 saturated carbocycles. The highest BCUT2D eigenvalue weighted by molar-refractivity contribution is 5.45.